The van der Waals surface area contributed by atoms with Crippen molar-refractivity contribution in [2.24, 2.45) is 0 Å². The molecule has 2 aliphatic rings. The van der Waals surface area contributed by atoms with E-state index in [4.69, 9.17) is 4.74 Å². The SMILES string of the molecule is O=C(c1cccc(S(=O)(=O)N2CCOCC2)c1)N1CCN(Cc2cccc([N+](=O)[O-])c2)CC1. The summed E-state index contributed by atoms with van der Waals surface area (Å²) < 4.78 is 32.5. The molecule has 2 aromatic rings. The Morgan fingerprint density at radius 1 is 0.970 bits per heavy atom. The maximum atomic E-state index is 13.0. The van der Waals surface area contributed by atoms with Gasteiger partial charge >= 0.3 is 0 Å². The Morgan fingerprint density at radius 3 is 2.36 bits per heavy atom. The van der Waals surface area contributed by atoms with Crippen LogP contribution in [-0.2, 0) is 21.3 Å². The van der Waals surface area contributed by atoms with Gasteiger partial charge in [-0.2, -0.15) is 4.31 Å². The van der Waals surface area contributed by atoms with E-state index >= 15 is 0 Å². The van der Waals surface area contributed by atoms with Gasteiger partial charge in [0, 0.05) is 63.5 Å². The number of piperazine rings is 1. The number of ether oxygens (including phenoxy) is 1. The summed E-state index contributed by atoms with van der Waals surface area (Å²) >= 11 is 0. The number of carbonyl (C=O) groups excluding carboxylic acids is 1. The number of carbonyl (C=O) groups is 1. The molecule has 0 aliphatic carbocycles. The molecular formula is C22H26N4O6S. The van der Waals surface area contributed by atoms with Crippen LogP contribution >= 0.6 is 0 Å². The molecule has 0 aromatic heterocycles. The van der Waals surface area contributed by atoms with Gasteiger partial charge in [0.15, 0.2) is 0 Å². The van der Waals surface area contributed by atoms with Gasteiger partial charge in [-0.3, -0.25) is 19.8 Å². The molecule has 0 spiro atoms. The number of rotatable bonds is 6. The molecule has 4 rings (SSSR count). The highest BCUT2D eigenvalue weighted by molar-refractivity contribution is 7.89. The van der Waals surface area contributed by atoms with Gasteiger partial charge in [0.05, 0.1) is 23.0 Å². The van der Waals surface area contributed by atoms with Gasteiger partial charge in [0.1, 0.15) is 0 Å². The van der Waals surface area contributed by atoms with Crippen LogP contribution in [0.4, 0.5) is 5.69 Å². The predicted molar refractivity (Wildman–Crippen MR) is 120 cm³/mol. The molecule has 0 bridgehead atoms. The number of nitro groups is 1. The zero-order valence-corrected chi connectivity index (χ0v) is 18.9. The minimum atomic E-state index is -3.68. The van der Waals surface area contributed by atoms with Gasteiger partial charge < -0.3 is 9.64 Å². The van der Waals surface area contributed by atoms with Crippen molar-refractivity contribution < 1.29 is 22.9 Å². The van der Waals surface area contributed by atoms with E-state index in [1.54, 1.807) is 29.2 Å². The van der Waals surface area contributed by atoms with Crippen LogP contribution in [-0.4, -0.2) is 85.8 Å². The zero-order chi connectivity index (χ0) is 23.4. The summed E-state index contributed by atoms with van der Waals surface area (Å²) in [7, 11) is -3.68. The van der Waals surface area contributed by atoms with Crippen LogP contribution in [0, 0.1) is 10.1 Å². The molecule has 2 fully saturated rings. The number of nitro benzene ring substituents is 1. The molecule has 2 heterocycles. The summed E-state index contributed by atoms with van der Waals surface area (Å²) in [5.74, 6) is -0.205. The molecule has 0 radical (unpaired) electrons. The first-order valence-corrected chi connectivity index (χ1v) is 12.2. The van der Waals surface area contributed by atoms with Crippen molar-refractivity contribution in [3.8, 4) is 0 Å². The van der Waals surface area contributed by atoms with Crippen LogP contribution in [0.15, 0.2) is 53.4 Å². The lowest BCUT2D eigenvalue weighted by Gasteiger charge is -2.35. The third-order valence-corrected chi connectivity index (χ3v) is 7.77. The zero-order valence-electron chi connectivity index (χ0n) is 18.1. The Morgan fingerprint density at radius 2 is 1.67 bits per heavy atom. The molecule has 176 valence electrons. The van der Waals surface area contributed by atoms with Gasteiger partial charge in [0.25, 0.3) is 11.6 Å². The smallest absolute Gasteiger partial charge is 0.269 e. The van der Waals surface area contributed by atoms with E-state index in [9.17, 15) is 23.3 Å². The van der Waals surface area contributed by atoms with E-state index in [2.05, 4.69) is 4.90 Å². The number of benzene rings is 2. The topological polar surface area (TPSA) is 113 Å². The molecule has 0 saturated carbocycles. The first kappa shape index (κ1) is 23.3. The molecule has 0 N–H and O–H groups in total. The number of hydrogen-bond donors (Lipinski definition) is 0. The second-order valence-electron chi connectivity index (χ2n) is 8.04. The fourth-order valence-electron chi connectivity index (χ4n) is 4.04. The molecule has 0 atom stereocenters. The largest absolute Gasteiger partial charge is 0.379 e. The van der Waals surface area contributed by atoms with Crippen LogP contribution in [0.2, 0.25) is 0 Å². The van der Waals surface area contributed by atoms with Crippen LogP contribution in [0.5, 0.6) is 0 Å². The molecule has 2 aliphatic heterocycles. The Bertz CT molecular complexity index is 1130. The van der Waals surface area contributed by atoms with Crippen molar-refractivity contribution in [3.05, 3.63) is 69.8 Å². The number of sulfonamides is 1. The second-order valence-corrected chi connectivity index (χ2v) is 9.98. The number of amides is 1. The quantitative estimate of drug-likeness (QED) is 0.461. The van der Waals surface area contributed by atoms with Gasteiger partial charge in [-0.25, -0.2) is 8.42 Å². The number of hydrogen-bond acceptors (Lipinski definition) is 7. The maximum absolute atomic E-state index is 13.0. The van der Waals surface area contributed by atoms with E-state index in [1.807, 2.05) is 6.07 Å². The number of nitrogens with zero attached hydrogens (tertiary/aromatic N) is 4. The lowest BCUT2D eigenvalue weighted by Crippen LogP contribution is -2.48. The van der Waals surface area contributed by atoms with Gasteiger partial charge in [-0.1, -0.05) is 18.2 Å². The average molecular weight is 475 g/mol. The summed E-state index contributed by atoms with van der Waals surface area (Å²) in [5, 5.41) is 11.0. The number of non-ortho nitro benzene ring substituents is 1. The van der Waals surface area contributed by atoms with E-state index in [0.717, 1.165) is 5.56 Å². The Kier molecular flexibility index (Phi) is 7.03. The highest BCUT2D eigenvalue weighted by atomic mass is 32.2. The van der Waals surface area contributed by atoms with Crippen molar-refractivity contribution in [2.45, 2.75) is 11.4 Å². The minimum Gasteiger partial charge on any atom is -0.379 e. The predicted octanol–water partition coefficient (Wildman–Crippen LogP) is 1.57. The highest BCUT2D eigenvalue weighted by Gasteiger charge is 2.28. The van der Waals surface area contributed by atoms with Crippen molar-refractivity contribution in [1.29, 1.82) is 0 Å². The van der Waals surface area contributed by atoms with Gasteiger partial charge in [-0.05, 0) is 23.8 Å². The van der Waals surface area contributed by atoms with Crippen LogP contribution in [0.3, 0.4) is 0 Å². The van der Waals surface area contributed by atoms with Crippen LogP contribution in [0.1, 0.15) is 15.9 Å². The van der Waals surface area contributed by atoms with E-state index in [0.29, 0.717) is 64.6 Å². The molecule has 0 unspecified atom stereocenters. The molecule has 11 heteroatoms. The molecular weight excluding hydrogens is 448 g/mol. The summed E-state index contributed by atoms with van der Waals surface area (Å²) in [4.78, 5) is 27.6. The second kappa shape index (κ2) is 9.96. The first-order valence-electron chi connectivity index (χ1n) is 10.8. The van der Waals surface area contributed by atoms with Crippen molar-refractivity contribution in [1.82, 2.24) is 14.1 Å². The number of morpholine rings is 1. The average Bonchev–Trinajstić information content (AvgIpc) is 2.85. The molecule has 1 amide bonds. The summed E-state index contributed by atoms with van der Waals surface area (Å²) in [6.45, 7) is 4.12. The molecule has 10 nitrogen and oxygen atoms in total. The van der Waals surface area contributed by atoms with Crippen molar-refractivity contribution >= 4 is 21.6 Å². The molecule has 2 saturated heterocycles. The van der Waals surface area contributed by atoms with E-state index in [-0.39, 0.29) is 16.5 Å². The van der Waals surface area contributed by atoms with Crippen LogP contribution < -0.4 is 0 Å². The normalized spacial score (nSPS) is 18.2. The fourth-order valence-corrected chi connectivity index (χ4v) is 5.50. The Balaban J connectivity index is 1.38. The monoisotopic (exact) mass is 474 g/mol. The first-order chi connectivity index (χ1) is 15.8. The summed E-state index contributed by atoms with van der Waals surface area (Å²) in [5.41, 5.74) is 1.26. The van der Waals surface area contributed by atoms with E-state index in [1.165, 1.54) is 22.5 Å². The van der Waals surface area contributed by atoms with Crippen molar-refractivity contribution in [3.63, 3.8) is 0 Å². The van der Waals surface area contributed by atoms with Crippen molar-refractivity contribution in [2.75, 3.05) is 52.5 Å². The van der Waals surface area contributed by atoms with Crippen LogP contribution in [0.25, 0.3) is 0 Å². The maximum Gasteiger partial charge on any atom is 0.269 e. The standard InChI is InChI=1S/C22H26N4O6S/c27-22(19-4-2-6-21(16-19)33(30,31)25-11-13-32-14-12-25)24-9-7-23(8-10-24)17-18-3-1-5-20(15-18)26(28)29/h1-6,15-16H,7-14,17H2. The van der Waals surface area contributed by atoms with Gasteiger partial charge in [0.2, 0.25) is 10.0 Å². The highest BCUT2D eigenvalue weighted by Crippen LogP contribution is 2.20. The van der Waals surface area contributed by atoms with E-state index < -0.39 is 14.9 Å². The Labute approximate surface area is 192 Å². The Hall–Kier alpha value is -2.86. The van der Waals surface area contributed by atoms with Gasteiger partial charge in [-0.15, -0.1) is 0 Å². The lowest BCUT2D eigenvalue weighted by molar-refractivity contribution is -0.384. The molecule has 33 heavy (non-hydrogen) atoms. The lowest BCUT2D eigenvalue weighted by atomic mass is 10.1. The summed E-state index contributed by atoms with van der Waals surface area (Å²) in [6.07, 6.45) is 0. The minimum absolute atomic E-state index is 0.0632. The third-order valence-electron chi connectivity index (χ3n) is 5.88. The molecule has 2 aromatic carbocycles. The third kappa shape index (κ3) is 5.38. The summed E-state index contributed by atoms with van der Waals surface area (Å²) in [6, 6.07) is 12.7. The fraction of sp³-hybridized carbons (Fsp3) is 0.409.